The average molecular weight is 315 g/mol. The zero-order chi connectivity index (χ0) is 15.5. The Balaban J connectivity index is 1.65. The number of amides is 1. The van der Waals surface area contributed by atoms with Gasteiger partial charge in [-0.1, -0.05) is 24.3 Å². The average Bonchev–Trinajstić information content (AvgIpc) is 2.55. The lowest BCUT2D eigenvalue weighted by Gasteiger charge is -2.30. The Bertz CT molecular complexity index is 671. The fourth-order valence-corrected chi connectivity index (χ4v) is 3.66. The summed E-state index contributed by atoms with van der Waals surface area (Å²) in [5.41, 5.74) is 2.58. The molecule has 3 rings (SSSR count). The standard InChI is InChI=1S/C18H18FNOS/c1-13(22-17-8-6-16(19)7-9-17)18(21)20-11-10-14-4-2-3-5-15(14)12-20/h2-9,13H,10-12H2,1H3. The zero-order valence-corrected chi connectivity index (χ0v) is 13.3. The van der Waals surface area contributed by atoms with Gasteiger partial charge in [0, 0.05) is 18.0 Å². The molecule has 1 heterocycles. The molecule has 2 nitrogen and oxygen atoms in total. The van der Waals surface area contributed by atoms with Crippen molar-refractivity contribution in [3.05, 3.63) is 65.5 Å². The minimum atomic E-state index is -0.254. The van der Waals surface area contributed by atoms with Gasteiger partial charge in [0.05, 0.1) is 5.25 Å². The summed E-state index contributed by atoms with van der Waals surface area (Å²) in [7, 11) is 0. The van der Waals surface area contributed by atoms with Crippen molar-refractivity contribution in [3.8, 4) is 0 Å². The predicted molar refractivity (Wildman–Crippen MR) is 87.3 cm³/mol. The zero-order valence-electron chi connectivity index (χ0n) is 12.5. The molecule has 2 aromatic carbocycles. The van der Waals surface area contributed by atoms with E-state index in [1.807, 2.05) is 24.0 Å². The van der Waals surface area contributed by atoms with Gasteiger partial charge in [0.25, 0.3) is 0 Å². The molecule has 0 saturated carbocycles. The fourth-order valence-electron chi connectivity index (χ4n) is 2.71. The summed E-state index contributed by atoms with van der Waals surface area (Å²) in [6, 6.07) is 14.6. The first kappa shape index (κ1) is 15.1. The first-order chi connectivity index (χ1) is 10.6. The number of hydrogen-bond donors (Lipinski definition) is 0. The van der Waals surface area contributed by atoms with Crippen molar-refractivity contribution in [1.82, 2.24) is 4.90 Å². The highest BCUT2D eigenvalue weighted by atomic mass is 32.2. The molecule has 1 aliphatic heterocycles. The molecule has 1 atom stereocenters. The first-order valence-corrected chi connectivity index (χ1v) is 8.29. The number of halogens is 1. The maximum atomic E-state index is 12.9. The van der Waals surface area contributed by atoms with Crippen LogP contribution in [0.15, 0.2) is 53.4 Å². The Kier molecular flexibility index (Phi) is 4.48. The van der Waals surface area contributed by atoms with Crippen molar-refractivity contribution >= 4 is 17.7 Å². The normalized spacial score (nSPS) is 15.3. The molecule has 1 amide bonds. The minimum absolute atomic E-state index is 0.142. The summed E-state index contributed by atoms with van der Waals surface area (Å²) in [4.78, 5) is 15.4. The van der Waals surface area contributed by atoms with Gasteiger partial charge in [-0.3, -0.25) is 4.79 Å². The van der Waals surface area contributed by atoms with Crippen LogP contribution in [-0.2, 0) is 17.8 Å². The first-order valence-electron chi connectivity index (χ1n) is 7.41. The number of rotatable bonds is 3. The van der Waals surface area contributed by atoms with Gasteiger partial charge >= 0.3 is 0 Å². The molecule has 0 N–H and O–H groups in total. The molecule has 1 unspecified atom stereocenters. The van der Waals surface area contributed by atoms with Crippen molar-refractivity contribution in [2.45, 2.75) is 30.0 Å². The summed E-state index contributed by atoms with van der Waals surface area (Å²) < 4.78 is 12.9. The van der Waals surface area contributed by atoms with Gasteiger partial charge in [-0.2, -0.15) is 0 Å². The molecule has 4 heteroatoms. The van der Waals surface area contributed by atoms with Crippen molar-refractivity contribution in [3.63, 3.8) is 0 Å². The van der Waals surface area contributed by atoms with E-state index in [9.17, 15) is 9.18 Å². The van der Waals surface area contributed by atoms with Gasteiger partial charge in [-0.25, -0.2) is 4.39 Å². The van der Waals surface area contributed by atoms with E-state index in [4.69, 9.17) is 0 Å². The Morgan fingerprint density at radius 2 is 1.82 bits per heavy atom. The number of thioether (sulfide) groups is 1. The molecule has 0 radical (unpaired) electrons. The van der Waals surface area contributed by atoms with Crippen LogP contribution in [0.25, 0.3) is 0 Å². The Hall–Kier alpha value is -1.81. The van der Waals surface area contributed by atoms with Gasteiger partial charge in [0.2, 0.25) is 5.91 Å². The predicted octanol–water partition coefficient (Wildman–Crippen LogP) is 3.89. The van der Waals surface area contributed by atoms with Crippen molar-refractivity contribution in [1.29, 1.82) is 0 Å². The van der Waals surface area contributed by atoms with Crippen molar-refractivity contribution < 1.29 is 9.18 Å². The summed E-state index contributed by atoms with van der Waals surface area (Å²) >= 11 is 1.48. The molecule has 0 fully saturated rings. The van der Waals surface area contributed by atoms with Crippen LogP contribution in [0.5, 0.6) is 0 Å². The van der Waals surface area contributed by atoms with E-state index in [2.05, 4.69) is 12.1 Å². The summed E-state index contributed by atoms with van der Waals surface area (Å²) in [6.07, 6.45) is 0.913. The smallest absolute Gasteiger partial charge is 0.236 e. The van der Waals surface area contributed by atoms with Crippen LogP contribution in [0, 0.1) is 5.82 Å². The monoisotopic (exact) mass is 315 g/mol. The number of nitrogens with zero attached hydrogens (tertiary/aromatic N) is 1. The fraction of sp³-hybridized carbons (Fsp3) is 0.278. The quantitative estimate of drug-likeness (QED) is 0.801. The number of carbonyl (C=O) groups is 1. The number of fused-ring (bicyclic) bond motifs is 1. The Labute approximate surface area is 134 Å². The minimum Gasteiger partial charge on any atom is -0.337 e. The molecular weight excluding hydrogens is 297 g/mol. The van der Waals surface area contributed by atoms with E-state index in [1.54, 1.807) is 12.1 Å². The molecule has 22 heavy (non-hydrogen) atoms. The van der Waals surface area contributed by atoms with Crippen LogP contribution >= 0.6 is 11.8 Å². The van der Waals surface area contributed by atoms with E-state index >= 15 is 0 Å². The molecule has 2 aromatic rings. The van der Waals surface area contributed by atoms with E-state index in [0.717, 1.165) is 17.9 Å². The largest absolute Gasteiger partial charge is 0.337 e. The molecule has 0 bridgehead atoms. The lowest BCUT2D eigenvalue weighted by Crippen LogP contribution is -2.40. The van der Waals surface area contributed by atoms with Crippen molar-refractivity contribution in [2.24, 2.45) is 0 Å². The molecule has 0 saturated heterocycles. The molecule has 0 aliphatic carbocycles. The maximum Gasteiger partial charge on any atom is 0.236 e. The summed E-state index contributed by atoms with van der Waals surface area (Å²) in [5.74, 6) is -0.111. The Morgan fingerprint density at radius 1 is 1.14 bits per heavy atom. The van der Waals surface area contributed by atoms with E-state index in [-0.39, 0.29) is 17.0 Å². The lowest BCUT2D eigenvalue weighted by atomic mass is 10.00. The van der Waals surface area contributed by atoms with Crippen LogP contribution in [0.2, 0.25) is 0 Å². The third-order valence-corrected chi connectivity index (χ3v) is 5.02. The van der Waals surface area contributed by atoms with Gasteiger partial charge in [0.1, 0.15) is 5.82 Å². The van der Waals surface area contributed by atoms with Gasteiger partial charge in [-0.15, -0.1) is 11.8 Å². The molecule has 0 spiro atoms. The lowest BCUT2D eigenvalue weighted by molar-refractivity contribution is -0.131. The van der Waals surface area contributed by atoms with Gasteiger partial charge in [-0.05, 0) is 48.7 Å². The second-order valence-corrected chi connectivity index (χ2v) is 6.91. The van der Waals surface area contributed by atoms with E-state index < -0.39 is 0 Å². The van der Waals surface area contributed by atoms with Crippen LogP contribution in [0.3, 0.4) is 0 Å². The number of hydrogen-bond acceptors (Lipinski definition) is 2. The van der Waals surface area contributed by atoms with E-state index in [1.165, 1.54) is 35.0 Å². The van der Waals surface area contributed by atoms with Crippen LogP contribution in [-0.4, -0.2) is 22.6 Å². The second kappa shape index (κ2) is 6.53. The van der Waals surface area contributed by atoms with Gasteiger partial charge in [0.15, 0.2) is 0 Å². The molecule has 114 valence electrons. The van der Waals surface area contributed by atoms with Crippen LogP contribution < -0.4 is 0 Å². The van der Waals surface area contributed by atoms with Crippen molar-refractivity contribution in [2.75, 3.05) is 6.54 Å². The van der Waals surface area contributed by atoms with Gasteiger partial charge < -0.3 is 4.90 Å². The third kappa shape index (κ3) is 3.33. The number of benzene rings is 2. The highest BCUT2D eigenvalue weighted by molar-refractivity contribution is 8.00. The highest BCUT2D eigenvalue weighted by Crippen LogP contribution is 2.26. The van der Waals surface area contributed by atoms with E-state index in [0.29, 0.717) is 6.54 Å². The summed E-state index contributed by atoms with van der Waals surface area (Å²) in [6.45, 7) is 3.37. The number of carbonyl (C=O) groups excluding carboxylic acids is 1. The molecular formula is C18H18FNOS. The highest BCUT2D eigenvalue weighted by Gasteiger charge is 2.25. The second-order valence-electron chi connectivity index (χ2n) is 5.49. The molecule has 1 aliphatic rings. The SMILES string of the molecule is CC(Sc1ccc(F)cc1)C(=O)N1CCc2ccccc2C1. The Morgan fingerprint density at radius 3 is 2.55 bits per heavy atom. The maximum absolute atomic E-state index is 12.9. The summed E-state index contributed by atoms with van der Waals surface area (Å²) in [5, 5.41) is -0.171. The van der Waals surface area contributed by atoms with Crippen LogP contribution in [0.4, 0.5) is 4.39 Å². The molecule has 0 aromatic heterocycles. The topological polar surface area (TPSA) is 20.3 Å². The van der Waals surface area contributed by atoms with Crippen LogP contribution in [0.1, 0.15) is 18.1 Å². The third-order valence-electron chi connectivity index (χ3n) is 3.92.